The molecule has 0 spiro atoms. The molecule has 1 atom stereocenters. The van der Waals surface area contributed by atoms with Crippen LogP contribution in [0.5, 0.6) is 17.2 Å². The van der Waals surface area contributed by atoms with Gasteiger partial charge in [0.2, 0.25) is 0 Å². The van der Waals surface area contributed by atoms with Crippen LogP contribution in [0.1, 0.15) is 30.5 Å². The molecule has 0 saturated heterocycles. The van der Waals surface area contributed by atoms with Gasteiger partial charge in [0.1, 0.15) is 17.2 Å². The Balaban J connectivity index is 2.08. The van der Waals surface area contributed by atoms with Crippen LogP contribution in [0.4, 0.5) is 0 Å². The molecule has 28 heavy (non-hydrogen) atoms. The van der Waals surface area contributed by atoms with Gasteiger partial charge in [0.25, 0.3) is 5.91 Å². The minimum Gasteiger partial charge on any atom is -0.497 e. The van der Waals surface area contributed by atoms with Crippen molar-refractivity contribution < 1.29 is 28.9 Å². The number of nitrogens with one attached hydrogen (secondary N) is 1. The van der Waals surface area contributed by atoms with E-state index in [1.807, 2.05) is 12.1 Å². The Kier molecular flexibility index (Phi) is 7.68. The number of hydrogen-bond donors (Lipinski definition) is 2. The Hall–Kier alpha value is -3.22. The molecule has 0 aromatic heterocycles. The highest BCUT2D eigenvalue weighted by atomic mass is 16.5. The molecule has 0 fully saturated rings. The van der Waals surface area contributed by atoms with Gasteiger partial charge in [0.15, 0.2) is 6.61 Å². The summed E-state index contributed by atoms with van der Waals surface area (Å²) in [5.74, 6) is 0.105. The Morgan fingerprint density at radius 3 is 2.29 bits per heavy atom. The minimum absolute atomic E-state index is 0.222. The molecular formula is C21H25NO6. The molecule has 2 N–H and O–H groups in total. The third-order valence-electron chi connectivity index (χ3n) is 4.23. The number of methoxy groups -OCH3 is 2. The maximum atomic E-state index is 12.3. The van der Waals surface area contributed by atoms with Crippen molar-refractivity contribution in [2.75, 3.05) is 20.8 Å². The zero-order chi connectivity index (χ0) is 20.5. The first kappa shape index (κ1) is 21.1. The smallest absolute Gasteiger partial charge is 0.305 e. The van der Waals surface area contributed by atoms with E-state index in [-0.39, 0.29) is 13.0 Å². The van der Waals surface area contributed by atoms with E-state index in [1.165, 1.54) is 19.8 Å². The van der Waals surface area contributed by atoms with Crippen LogP contribution in [0, 0.1) is 0 Å². The predicted octanol–water partition coefficient (Wildman–Crippen LogP) is 2.98. The predicted molar refractivity (Wildman–Crippen MR) is 104 cm³/mol. The Morgan fingerprint density at radius 1 is 1.04 bits per heavy atom. The van der Waals surface area contributed by atoms with Gasteiger partial charge in [0.05, 0.1) is 26.7 Å². The highest BCUT2D eigenvalue weighted by molar-refractivity contribution is 5.79. The molecule has 0 bridgehead atoms. The third-order valence-corrected chi connectivity index (χ3v) is 4.23. The standard InChI is InChI=1S/C21H25NO6/c1-4-14-5-7-15(8-6-14)28-13-20(23)22-18(12-21(24)25)17-10-9-16(26-2)11-19(17)27-3/h5-11,18H,4,12-13H2,1-3H3,(H,22,23)(H,24,25). The summed E-state index contributed by atoms with van der Waals surface area (Å²) in [6, 6.07) is 11.7. The molecular weight excluding hydrogens is 362 g/mol. The van der Waals surface area contributed by atoms with Crippen LogP contribution < -0.4 is 19.5 Å². The molecule has 2 aromatic carbocycles. The van der Waals surface area contributed by atoms with E-state index < -0.39 is 17.9 Å². The highest BCUT2D eigenvalue weighted by Crippen LogP contribution is 2.31. The van der Waals surface area contributed by atoms with Gasteiger partial charge in [-0.3, -0.25) is 9.59 Å². The first-order chi connectivity index (χ1) is 13.5. The lowest BCUT2D eigenvalue weighted by atomic mass is 10.0. The number of carbonyl (C=O) groups is 2. The SMILES string of the molecule is CCc1ccc(OCC(=O)NC(CC(=O)O)c2ccc(OC)cc2OC)cc1. The van der Waals surface area contributed by atoms with Crippen molar-refractivity contribution in [1.82, 2.24) is 5.32 Å². The Bertz CT molecular complexity index is 803. The molecule has 0 aliphatic heterocycles. The monoisotopic (exact) mass is 387 g/mol. The van der Waals surface area contributed by atoms with Gasteiger partial charge < -0.3 is 24.6 Å². The van der Waals surface area contributed by atoms with Gasteiger partial charge in [0, 0.05) is 11.6 Å². The summed E-state index contributed by atoms with van der Waals surface area (Å²) in [6.07, 6.45) is 0.626. The van der Waals surface area contributed by atoms with Gasteiger partial charge >= 0.3 is 5.97 Å². The molecule has 1 amide bonds. The van der Waals surface area contributed by atoms with Gasteiger partial charge in [-0.15, -0.1) is 0 Å². The number of amides is 1. The summed E-state index contributed by atoms with van der Waals surface area (Å²) in [5.41, 5.74) is 1.72. The second kappa shape index (κ2) is 10.2. The number of rotatable bonds is 10. The normalized spacial score (nSPS) is 11.4. The summed E-state index contributed by atoms with van der Waals surface area (Å²) in [5, 5.41) is 11.9. The Morgan fingerprint density at radius 2 is 1.71 bits per heavy atom. The lowest BCUT2D eigenvalue weighted by Gasteiger charge is -2.20. The maximum Gasteiger partial charge on any atom is 0.305 e. The van der Waals surface area contributed by atoms with E-state index in [2.05, 4.69) is 12.2 Å². The average molecular weight is 387 g/mol. The summed E-state index contributed by atoms with van der Waals surface area (Å²) >= 11 is 0. The third kappa shape index (κ3) is 5.90. The molecule has 0 aliphatic rings. The van der Waals surface area contributed by atoms with Crippen molar-refractivity contribution >= 4 is 11.9 Å². The lowest BCUT2D eigenvalue weighted by molar-refractivity contribution is -0.137. The van der Waals surface area contributed by atoms with E-state index in [9.17, 15) is 14.7 Å². The quantitative estimate of drug-likeness (QED) is 0.651. The molecule has 0 heterocycles. The van der Waals surface area contributed by atoms with Crippen molar-refractivity contribution in [3.05, 3.63) is 53.6 Å². The van der Waals surface area contributed by atoms with Crippen LogP contribution >= 0.6 is 0 Å². The van der Waals surface area contributed by atoms with E-state index in [1.54, 1.807) is 30.3 Å². The molecule has 7 nitrogen and oxygen atoms in total. The number of hydrogen-bond acceptors (Lipinski definition) is 5. The van der Waals surface area contributed by atoms with Crippen molar-refractivity contribution in [3.8, 4) is 17.2 Å². The maximum absolute atomic E-state index is 12.3. The van der Waals surface area contributed by atoms with Crippen LogP contribution in [-0.2, 0) is 16.0 Å². The summed E-state index contributed by atoms with van der Waals surface area (Å²) in [7, 11) is 3.00. The first-order valence-corrected chi connectivity index (χ1v) is 8.91. The molecule has 2 rings (SSSR count). The minimum atomic E-state index is -1.04. The number of carboxylic acids is 1. The molecule has 0 saturated carbocycles. The van der Waals surface area contributed by atoms with E-state index >= 15 is 0 Å². The summed E-state index contributed by atoms with van der Waals surface area (Å²) in [4.78, 5) is 23.6. The van der Waals surface area contributed by atoms with Crippen LogP contribution in [0.25, 0.3) is 0 Å². The molecule has 0 aliphatic carbocycles. The van der Waals surface area contributed by atoms with Gasteiger partial charge in [-0.2, -0.15) is 0 Å². The number of benzene rings is 2. The summed E-state index contributed by atoms with van der Waals surface area (Å²) < 4.78 is 16.0. The van der Waals surface area contributed by atoms with Crippen molar-refractivity contribution in [2.45, 2.75) is 25.8 Å². The first-order valence-electron chi connectivity index (χ1n) is 8.91. The van der Waals surface area contributed by atoms with Gasteiger partial charge in [-0.25, -0.2) is 0 Å². The lowest BCUT2D eigenvalue weighted by Crippen LogP contribution is -2.34. The van der Waals surface area contributed by atoms with Gasteiger partial charge in [-0.05, 0) is 36.2 Å². The fourth-order valence-electron chi connectivity index (χ4n) is 2.73. The summed E-state index contributed by atoms with van der Waals surface area (Å²) in [6.45, 7) is 1.83. The van der Waals surface area contributed by atoms with E-state index in [4.69, 9.17) is 14.2 Å². The van der Waals surface area contributed by atoms with Crippen molar-refractivity contribution in [3.63, 3.8) is 0 Å². The second-order valence-corrected chi connectivity index (χ2v) is 6.11. The zero-order valence-corrected chi connectivity index (χ0v) is 16.2. The second-order valence-electron chi connectivity index (χ2n) is 6.11. The largest absolute Gasteiger partial charge is 0.497 e. The van der Waals surface area contributed by atoms with E-state index in [0.29, 0.717) is 22.8 Å². The van der Waals surface area contributed by atoms with Crippen LogP contribution in [0.2, 0.25) is 0 Å². The number of carboxylic acid groups (broad SMARTS) is 1. The topological polar surface area (TPSA) is 94.1 Å². The van der Waals surface area contributed by atoms with Crippen LogP contribution in [-0.4, -0.2) is 37.8 Å². The molecule has 150 valence electrons. The van der Waals surface area contributed by atoms with Crippen molar-refractivity contribution in [2.24, 2.45) is 0 Å². The fourth-order valence-corrected chi connectivity index (χ4v) is 2.73. The highest BCUT2D eigenvalue weighted by Gasteiger charge is 2.22. The van der Waals surface area contributed by atoms with Crippen molar-refractivity contribution in [1.29, 1.82) is 0 Å². The van der Waals surface area contributed by atoms with Crippen LogP contribution in [0.15, 0.2) is 42.5 Å². The molecule has 2 aromatic rings. The number of carbonyl (C=O) groups excluding carboxylic acids is 1. The van der Waals surface area contributed by atoms with Gasteiger partial charge in [-0.1, -0.05) is 19.1 Å². The van der Waals surface area contributed by atoms with Crippen LogP contribution in [0.3, 0.4) is 0 Å². The molecule has 0 radical (unpaired) electrons. The molecule has 1 unspecified atom stereocenters. The number of aliphatic carboxylic acids is 1. The Labute approximate surface area is 164 Å². The molecule has 7 heteroatoms. The fraction of sp³-hybridized carbons (Fsp3) is 0.333. The van der Waals surface area contributed by atoms with E-state index in [0.717, 1.165) is 6.42 Å². The zero-order valence-electron chi connectivity index (χ0n) is 16.2. The number of ether oxygens (including phenoxy) is 3. The average Bonchev–Trinajstić information content (AvgIpc) is 2.71. The number of aryl methyl sites for hydroxylation is 1.